The van der Waals surface area contributed by atoms with Crippen LogP contribution in [0.5, 0.6) is 0 Å². The molecule has 19 heavy (non-hydrogen) atoms. The van der Waals surface area contributed by atoms with Crippen LogP contribution in [0.3, 0.4) is 0 Å². The van der Waals surface area contributed by atoms with Crippen LogP contribution in [0.1, 0.15) is 46.1 Å². The maximum Gasteiger partial charge on any atom is 0.223 e. The Morgan fingerprint density at radius 3 is 2.37 bits per heavy atom. The summed E-state index contributed by atoms with van der Waals surface area (Å²) < 4.78 is 0. The molecule has 0 aliphatic rings. The van der Waals surface area contributed by atoms with Crippen molar-refractivity contribution in [3.8, 4) is 0 Å². The minimum Gasteiger partial charge on any atom is -0.353 e. The predicted molar refractivity (Wildman–Crippen MR) is 81.0 cm³/mol. The predicted octanol–water partition coefficient (Wildman–Crippen LogP) is 3.81. The Balaban J connectivity index is 2.39. The smallest absolute Gasteiger partial charge is 0.223 e. The van der Waals surface area contributed by atoms with E-state index >= 15 is 0 Å². The fourth-order valence-corrected chi connectivity index (χ4v) is 2.28. The molecule has 1 N–H and O–H groups in total. The van der Waals surface area contributed by atoms with Crippen LogP contribution >= 0.6 is 0 Å². The second kappa shape index (κ2) is 7.98. The van der Waals surface area contributed by atoms with Gasteiger partial charge in [-0.1, -0.05) is 57.5 Å². The zero-order valence-corrected chi connectivity index (χ0v) is 12.6. The third-order valence-electron chi connectivity index (χ3n) is 3.67. The van der Waals surface area contributed by atoms with Crippen LogP contribution in [-0.4, -0.2) is 11.9 Å². The molecule has 0 radical (unpaired) electrons. The monoisotopic (exact) mass is 261 g/mol. The molecule has 0 spiro atoms. The minimum absolute atomic E-state index is 0.105. The molecular weight excluding hydrogens is 234 g/mol. The first kappa shape index (κ1) is 15.7. The molecule has 1 aromatic rings. The molecule has 1 amide bonds. The van der Waals surface area contributed by atoms with Crippen LogP contribution in [-0.2, 0) is 11.2 Å². The minimum atomic E-state index is 0.105. The molecule has 0 saturated heterocycles. The molecule has 0 heterocycles. The summed E-state index contributed by atoms with van der Waals surface area (Å²) in [5.74, 6) is 0.905. The first-order chi connectivity index (χ1) is 9.02. The molecule has 0 fully saturated rings. The topological polar surface area (TPSA) is 29.1 Å². The number of hydrogen-bond donors (Lipinski definition) is 1. The van der Waals surface area contributed by atoms with Gasteiger partial charge in [0.15, 0.2) is 0 Å². The van der Waals surface area contributed by atoms with Crippen molar-refractivity contribution in [1.82, 2.24) is 5.32 Å². The van der Waals surface area contributed by atoms with Crippen molar-refractivity contribution in [1.29, 1.82) is 0 Å². The van der Waals surface area contributed by atoms with E-state index in [2.05, 4.69) is 38.2 Å². The third kappa shape index (κ3) is 5.91. The van der Waals surface area contributed by atoms with Crippen molar-refractivity contribution in [3.63, 3.8) is 0 Å². The molecule has 0 bridgehead atoms. The highest BCUT2D eigenvalue weighted by molar-refractivity contribution is 5.78. The first-order valence-electron chi connectivity index (χ1n) is 7.37. The van der Waals surface area contributed by atoms with Gasteiger partial charge in [0.25, 0.3) is 0 Å². The van der Waals surface area contributed by atoms with Gasteiger partial charge in [0.1, 0.15) is 0 Å². The normalized spacial score (nSPS) is 15.6. The molecule has 3 unspecified atom stereocenters. The number of carbonyl (C=O) groups is 1. The lowest BCUT2D eigenvalue weighted by Gasteiger charge is -2.19. The van der Waals surface area contributed by atoms with Crippen LogP contribution in [0, 0.1) is 11.8 Å². The van der Waals surface area contributed by atoms with E-state index in [0.717, 1.165) is 19.3 Å². The Kier molecular flexibility index (Phi) is 6.61. The average molecular weight is 261 g/mol. The molecule has 1 rings (SSSR count). The van der Waals surface area contributed by atoms with Crippen LogP contribution in [0.25, 0.3) is 0 Å². The number of benzene rings is 1. The fraction of sp³-hybridized carbons (Fsp3) is 0.588. The summed E-state index contributed by atoms with van der Waals surface area (Å²) >= 11 is 0. The summed E-state index contributed by atoms with van der Waals surface area (Å²) in [7, 11) is 0. The Bertz CT molecular complexity index is 374. The SMILES string of the molecule is CCC(C)CC(C)C(=O)NC(C)Cc1ccccc1. The van der Waals surface area contributed by atoms with Crippen LogP contribution in [0.4, 0.5) is 0 Å². The Hall–Kier alpha value is -1.31. The third-order valence-corrected chi connectivity index (χ3v) is 3.67. The summed E-state index contributed by atoms with van der Waals surface area (Å²) in [6.07, 6.45) is 3.00. The van der Waals surface area contributed by atoms with E-state index in [1.165, 1.54) is 5.56 Å². The van der Waals surface area contributed by atoms with E-state index < -0.39 is 0 Å². The van der Waals surface area contributed by atoms with E-state index in [4.69, 9.17) is 0 Å². The number of amides is 1. The summed E-state index contributed by atoms with van der Waals surface area (Å²) in [5, 5.41) is 3.12. The molecule has 0 aliphatic carbocycles. The van der Waals surface area contributed by atoms with Gasteiger partial charge in [-0.2, -0.15) is 0 Å². The van der Waals surface area contributed by atoms with Crippen LogP contribution in [0.2, 0.25) is 0 Å². The van der Waals surface area contributed by atoms with Crippen molar-refractivity contribution in [2.45, 2.75) is 53.0 Å². The quantitative estimate of drug-likeness (QED) is 0.794. The summed E-state index contributed by atoms with van der Waals surface area (Å²) in [6.45, 7) is 8.47. The average Bonchev–Trinajstić information content (AvgIpc) is 2.39. The van der Waals surface area contributed by atoms with Crippen molar-refractivity contribution in [2.24, 2.45) is 11.8 Å². The van der Waals surface area contributed by atoms with Gasteiger partial charge in [-0.3, -0.25) is 4.79 Å². The fourth-order valence-electron chi connectivity index (χ4n) is 2.28. The van der Waals surface area contributed by atoms with E-state index in [1.54, 1.807) is 0 Å². The lowest BCUT2D eigenvalue weighted by atomic mass is 9.94. The largest absolute Gasteiger partial charge is 0.353 e. The van der Waals surface area contributed by atoms with Gasteiger partial charge in [-0.05, 0) is 31.2 Å². The molecule has 2 nitrogen and oxygen atoms in total. The number of nitrogens with one attached hydrogen (secondary N) is 1. The summed E-state index contributed by atoms with van der Waals surface area (Å²) in [6, 6.07) is 10.5. The Morgan fingerprint density at radius 2 is 1.79 bits per heavy atom. The van der Waals surface area contributed by atoms with Crippen LogP contribution < -0.4 is 5.32 Å². The lowest BCUT2D eigenvalue weighted by Crippen LogP contribution is -2.38. The Labute approximate surface area is 117 Å². The molecule has 106 valence electrons. The molecule has 0 saturated carbocycles. The summed E-state index contributed by atoms with van der Waals surface area (Å²) in [4.78, 5) is 12.1. The molecule has 2 heteroatoms. The van der Waals surface area contributed by atoms with Gasteiger partial charge in [-0.25, -0.2) is 0 Å². The van der Waals surface area contributed by atoms with Crippen molar-refractivity contribution >= 4 is 5.91 Å². The number of carbonyl (C=O) groups excluding carboxylic acids is 1. The molecule has 0 aliphatic heterocycles. The maximum absolute atomic E-state index is 12.1. The van der Waals surface area contributed by atoms with Gasteiger partial charge >= 0.3 is 0 Å². The number of hydrogen-bond acceptors (Lipinski definition) is 1. The van der Waals surface area contributed by atoms with Crippen molar-refractivity contribution in [3.05, 3.63) is 35.9 Å². The summed E-state index contributed by atoms with van der Waals surface area (Å²) in [5.41, 5.74) is 1.27. The Morgan fingerprint density at radius 1 is 1.16 bits per heavy atom. The van der Waals surface area contributed by atoms with Crippen LogP contribution in [0.15, 0.2) is 30.3 Å². The van der Waals surface area contributed by atoms with Gasteiger partial charge < -0.3 is 5.32 Å². The van der Waals surface area contributed by atoms with Crippen molar-refractivity contribution in [2.75, 3.05) is 0 Å². The van der Waals surface area contributed by atoms with Gasteiger partial charge in [0, 0.05) is 12.0 Å². The highest BCUT2D eigenvalue weighted by atomic mass is 16.1. The molecule has 3 atom stereocenters. The molecule has 0 aromatic heterocycles. The second-order valence-electron chi connectivity index (χ2n) is 5.75. The number of rotatable bonds is 7. The van der Waals surface area contributed by atoms with Crippen molar-refractivity contribution < 1.29 is 4.79 Å². The van der Waals surface area contributed by atoms with Gasteiger partial charge in [0.05, 0.1) is 0 Å². The van der Waals surface area contributed by atoms with E-state index in [9.17, 15) is 4.79 Å². The standard InChI is InChI=1S/C17H27NO/c1-5-13(2)11-14(3)17(19)18-15(4)12-16-9-7-6-8-10-16/h6-10,13-15H,5,11-12H2,1-4H3,(H,18,19). The van der Waals surface area contributed by atoms with E-state index in [0.29, 0.717) is 5.92 Å². The van der Waals surface area contributed by atoms with E-state index in [1.807, 2.05) is 25.1 Å². The second-order valence-corrected chi connectivity index (χ2v) is 5.75. The van der Waals surface area contributed by atoms with Gasteiger partial charge in [-0.15, -0.1) is 0 Å². The zero-order chi connectivity index (χ0) is 14.3. The highest BCUT2D eigenvalue weighted by Gasteiger charge is 2.17. The lowest BCUT2D eigenvalue weighted by molar-refractivity contribution is -0.125. The van der Waals surface area contributed by atoms with E-state index in [-0.39, 0.29) is 17.9 Å². The maximum atomic E-state index is 12.1. The first-order valence-corrected chi connectivity index (χ1v) is 7.37. The molecule has 1 aromatic carbocycles. The molecular formula is C17H27NO. The zero-order valence-electron chi connectivity index (χ0n) is 12.6. The highest BCUT2D eigenvalue weighted by Crippen LogP contribution is 2.15. The van der Waals surface area contributed by atoms with Gasteiger partial charge in [0.2, 0.25) is 5.91 Å².